The fourth-order valence-electron chi connectivity index (χ4n) is 8.80. The number of likely N-dealkylation sites (tertiary alicyclic amines) is 1. The number of hydrogen-bond acceptors (Lipinski definition) is 13. The zero-order valence-electron chi connectivity index (χ0n) is 44.7. The van der Waals surface area contributed by atoms with Crippen LogP contribution in [0.25, 0.3) is 10.9 Å². The molecule has 0 unspecified atom stereocenters. The number of para-hydroxylation sites is 1. The summed E-state index contributed by atoms with van der Waals surface area (Å²) < 4.78 is 0. The van der Waals surface area contributed by atoms with Gasteiger partial charge in [-0.2, -0.15) is 0 Å². The first-order valence-electron chi connectivity index (χ1n) is 26.0. The molecule has 3 aromatic rings. The highest BCUT2D eigenvalue weighted by Gasteiger charge is 2.42. The lowest BCUT2D eigenvalue weighted by Gasteiger charge is -2.32. The molecule has 0 spiro atoms. The van der Waals surface area contributed by atoms with Gasteiger partial charge < -0.3 is 73.9 Å². The highest BCUT2D eigenvalue weighted by Crippen LogP contribution is 2.23. The summed E-state index contributed by atoms with van der Waals surface area (Å²) in [5, 5.41) is 48.9. The molecule has 77 heavy (non-hydrogen) atoms. The molecular formula is C53H77N11O13. The van der Waals surface area contributed by atoms with Crippen molar-refractivity contribution in [3.63, 3.8) is 0 Å². The Morgan fingerprint density at radius 2 is 1.22 bits per heavy atom. The maximum atomic E-state index is 14.6. The van der Waals surface area contributed by atoms with Gasteiger partial charge in [0.25, 0.3) is 0 Å². The Kier molecular flexibility index (Phi) is 23.5. The van der Waals surface area contributed by atoms with Crippen molar-refractivity contribution in [2.75, 3.05) is 13.2 Å². The van der Waals surface area contributed by atoms with E-state index in [9.17, 15) is 63.3 Å². The molecule has 2 heterocycles. The van der Waals surface area contributed by atoms with Gasteiger partial charge in [-0.3, -0.25) is 43.2 Å². The lowest BCUT2D eigenvalue weighted by atomic mass is 9.98. The number of H-pyrrole nitrogens is 1. The molecule has 1 aliphatic heterocycles. The number of aliphatic carboxylic acids is 1. The normalized spacial score (nSPS) is 17.3. The molecule has 15 N–H and O–H groups in total. The second-order valence-corrected chi connectivity index (χ2v) is 20.3. The van der Waals surface area contributed by atoms with E-state index in [-0.39, 0.29) is 38.1 Å². The van der Waals surface area contributed by atoms with E-state index in [1.54, 1.807) is 95.4 Å². The molecule has 422 valence electrons. The highest BCUT2D eigenvalue weighted by molar-refractivity contribution is 5.99. The van der Waals surface area contributed by atoms with E-state index in [2.05, 4.69) is 42.2 Å². The summed E-state index contributed by atoms with van der Waals surface area (Å²) in [6, 6.07) is 3.36. The number of aromatic amines is 1. The number of amides is 9. The van der Waals surface area contributed by atoms with Crippen molar-refractivity contribution < 1.29 is 63.3 Å². The third-order valence-electron chi connectivity index (χ3n) is 13.7. The van der Waals surface area contributed by atoms with Crippen LogP contribution in [0.3, 0.4) is 0 Å². The Bertz CT molecular complexity index is 2560. The van der Waals surface area contributed by atoms with Crippen LogP contribution in [-0.4, -0.2) is 158 Å². The molecule has 24 nitrogen and oxygen atoms in total. The van der Waals surface area contributed by atoms with Gasteiger partial charge in [-0.25, -0.2) is 4.79 Å². The third kappa shape index (κ3) is 17.5. The van der Waals surface area contributed by atoms with Crippen molar-refractivity contribution in [3.8, 4) is 0 Å². The molecule has 9 amide bonds. The number of benzene rings is 2. The Balaban J connectivity index is 1.59. The number of carbonyl (C=O) groups excluding carboxylic acids is 9. The lowest BCUT2D eigenvalue weighted by molar-refractivity contribution is -0.144. The van der Waals surface area contributed by atoms with Crippen LogP contribution in [-0.2, 0) is 60.8 Å². The van der Waals surface area contributed by atoms with Crippen LogP contribution in [0, 0.1) is 17.8 Å². The Morgan fingerprint density at radius 1 is 0.675 bits per heavy atom. The van der Waals surface area contributed by atoms with E-state index < -0.39 is 144 Å². The van der Waals surface area contributed by atoms with Crippen LogP contribution >= 0.6 is 0 Å². The zero-order valence-corrected chi connectivity index (χ0v) is 44.7. The molecular weight excluding hydrogens is 999 g/mol. The molecule has 4 rings (SSSR count). The van der Waals surface area contributed by atoms with Crippen molar-refractivity contribution in [1.29, 1.82) is 0 Å². The van der Waals surface area contributed by atoms with Crippen molar-refractivity contribution in [3.05, 3.63) is 71.9 Å². The molecule has 0 aliphatic carbocycles. The number of hydrogen-bond donors (Lipinski definition) is 13. The number of aliphatic hydroxyl groups is 2. The Labute approximate surface area is 447 Å². The Morgan fingerprint density at radius 3 is 1.81 bits per heavy atom. The first-order valence-corrected chi connectivity index (χ1v) is 26.0. The van der Waals surface area contributed by atoms with E-state index >= 15 is 0 Å². The predicted molar refractivity (Wildman–Crippen MR) is 282 cm³/mol. The predicted octanol–water partition coefficient (Wildman–Crippen LogP) is -1.25. The second kappa shape index (κ2) is 29.2. The molecule has 1 aromatic heterocycles. The van der Waals surface area contributed by atoms with Crippen LogP contribution in [0.5, 0.6) is 0 Å². The number of rotatable bonds is 29. The lowest BCUT2D eigenvalue weighted by Crippen LogP contribution is -2.62. The fraction of sp³-hybridized carbons (Fsp3) is 0.547. The maximum absolute atomic E-state index is 14.6. The molecule has 11 atom stereocenters. The minimum atomic E-state index is -1.60. The minimum absolute atomic E-state index is 0.0629. The van der Waals surface area contributed by atoms with Gasteiger partial charge in [0, 0.05) is 42.9 Å². The molecule has 1 saturated heterocycles. The van der Waals surface area contributed by atoms with Crippen LogP contribution in [0.1, 0.15) is 91.7 Å². The summed E-state index contributed by atoms with van der Waals surface area (Å²) in [6.45, 7) is 10.4. The van der Waals surface area contributed by atoms with Gasteiger partial charge >= 0.3 is 5.97 Å². The Hall–Kier alpha value is -7.44. The first kappa shape index (κ1) is 62.1. The summed E-state index contributed by atoms with van der Waals surface area (Å²) in [5.41, 5.74) is 13.5. The van der Waals surface area contributed by atoms with Crippen LogP contribution in [0.4, 0.5) is 0 Å². The van der Waals surface area contributed by atoms with Gasteiger partial charge in [0.15, 0.2) is 0 Å². The highest BCUT2D eigenvalue weighted by atomic mass is 16.4. The zero-order chi connectivity index (χ0) is 57.3. The summed E-state index contributed by atoms with van der Waals surface area (Å²) in [7, 11) is 0. The van der Waals surface area contributed by atoms with E-state index in [4.69, 9.17) is 11.5 Å². The SMILES string of the molecule is CC[C@H](C)[C@H](N)C(=O)N[C@H](C(=O)N[C@@H](Cc1c[nH]c2ccccc12)C(=O)N[C@@H](CCC(N)=O)C(=O)N[C@H](C(=O)N1CCC[C@H]1C(=O)N[C@@H](Cc1ccccc1)C(=O)N[C@@H](CO)C(=O)N[C@H](C(=O)O)C(C)C)C(C)C)[C@@H](C)O. The number of carboxylic acid groups (broad SMARTS) is 1. The summed E-state index contributed by atoms with van der Waals surface area (Å²) in [5.74, 6) is -10.4. The first-order chi connectivity index (χ1) is 36.4. The largest absolute Gasteiger partial charge is 0.480 e. The summed E-state index contributed by atoms with van der Waals surface area (Å²) in [6.07, 6.45) is 0.214. The third-order valence-corrected chi connectivity index (χ3v) is 13.7. The summed E-state index contributed by atoms with van der Waals surface area (Å²) in [4.78, 5) is 140. The molecule has 0 radical (unpaired) electrons. The number of nitrogens with one attached hydrogen (secondary N) is 8. The fourth-order valence-corrected chi connectivity index (χ4v) is 8.80. The standard InChI is InChI=1S/C53H77N11O13/c1-8-29(6)41(55)50(73)63-44(30(7)66)51(74)59-37(24-32-25-56-34-18-13-12-17-33(32)34)47(70)57-35(20-21-40(54)67)45(68)61-42(27(2)3)52(75)64-22-14-19-39(64)49(72)58-36(23-31-15-10-9-11-16-31)46(69)60-38(26-65)48(71)62-43(28(4)5)53(76)77/h9-13,15-18,25,27-30,35-39,41-44,56,65-66H,8,14,19-24,26,55H2,1-7H3,(H2,54,67)(H,57,70)(H,58,72)(H,59,74)(H,60,69)(H,61,68)(H,62,71)(H,63,73)(H,76,77)/t29-,30+,35-,36-,37-,38-,39-,41-,42-,43-,44-/m0/s1. The number of nitrogens with two attached hydrogens (primary N) is 2. The molecule has 1 aliphatic rings. The van der Waals surface area contributed by atoms with Crippen molar-refractivity contribution in [2.45, 2.75) is 154 Å². The molecule has 1 fully saturated rings. The van der Waals surface area contributed by atoms with Gasteiger partial charge in [0.05, 0.1) is 18.8 Å². The number of primary amides is 1. The minimum Gasteiger partial charge on any atom is -0.480 e. The molecule has 0 bridgehead atoms. The van der Waals surface area contributed by atoms with Crippen LogP contribution < -0.4 is 48.7 Å². The van der Waals surface area contributed by atoms with Crippen LogP contribution in [0.15, 0.2) is 60.8 Å². The monoisotopic (exact) mass is 1080 g/mol. The summed E-state index contributed by atoms with van der Waals surface area (Å²) >= 11 is 0. The topological polar surface area (TPSA) is 387 Å². The number of fused-ring (bicyclic) bond motifs is 1. The average Bonchev–Trinajstić information content (AvgIpc) is 4.05. The van der Waals surface area contributed by atoms with Gasteiger partial charge in [-0.1, -0.05) is 96.5 Å². The van der Waals surface area contributed by atoms with E-state index in [1.165, 1.54) is 11.8 Å². The molecule has 2 aromatic carbocycles. The number of aromatic nitrogens is 1. The second-order valence-electron chi connectivity index (χ2n) is 20.3. The average molecular weight is 1080 g/mol. The van der Waals surface area contributed by atoms with Crippen molar-refractivity contribution in [2.24, 2.45) is 29.2 Å². The molecule has 0 saturated carbocycles. The number of carbonyl (C=O) groups is 10. The van der Waals surface area contributed by atoms with Gasteiger partial charge in [0.2, 0.25) is 53.2 Å². The van der Waals surface area contributed by atoms with Crippen molar-refractivity contribution >= 4 is 70.0 Å². The molecule has 24 heteroatoms. The van der Waals surface area contributed by atoms with E-state index in [0.717, 1.165) is 0 Å². The van der Waals surface area contributed by atoms with E-state index in [1.807, 2.05) is 6.92 Å². The van der Waals surface area contributed by atoms with Gasteiger partial charge in [-0.15, -0.1) is 0 Å². The van der Waals surface area contributed by atoms with Gasteiger partial charge in [0.1, 0.15) is 48.3 Å². The van der Waals surface area contributed by atoms with E-state index in [0.29, 0.717) is 34.9 Å². The smallest absolute Gasteiger partial charge is 0.326 e. The van der Waals surface area contributed by atoms with Gasteiger partial charge in [-0.05, 0) is 61.1 Å². The maximum Gasteiger partial charge on any atom is 0.326 e. The number of carboxylic acids is 1. The van der Waals surface area contributed by atoms with Crippen LogP contribution in [0.2, 0.25) is 0 Å². The number of nitrogens with zero attached hydrogens (tertiary/aromatic N) is 1. The number of aliphatic hydroxyl groups excluding tert-OH is 2. The van der Waals surface area contributed by atoms with Crippen molar-refractivity contribution in [1.82, 2.24) is 47.1 Å². The quantitative estimate of drug-likeness (QED) is 0.0387.